The van der Waals surface area contributed by atoms with Crippen LogP contribution < -0.4 is 5.32 Å². The number of carbonyl (C=O) groups is 2. The average molecular weight is 462 g/mol. The van der Waals surface area contributed by atoms with E-state index < -0.39 is 5.54 Å². The summed E-state index contributed by atoms with van der Waals surface area (Å²) in [5.74, 6) is -0.828. The average Bonchev–Trinajstić information content (AvgIpc) is 2.77. The number of hydrogen-bond acceptors (Lipinski definition) is 4. The number of amides is 2. The summed E-state index contributed by atoms with van der Waals surface area (Å²) in [6.45, 7) is 4.86. The Morgan fingerprint density at radius 2 is 1.72 bits per heavy atom. The molecular weight excluding hydrogens is 433 g/mol. The maximum Gasteiger partial charge on any atom is 0.250 e. The van der Waals surface area contributed by atoms with Crippen LogP contribution in [-0.2, 0) is 20.8 Å². The third-order valence-electron chi connectivity index (χ3n) is 6.34. The van der Waals surface area contributed by atoms with E-state index in [1.54, 1.807) is 24.1 Å². The monoisotopic (exact) mass is 461 g/mol. The van der Waals surface area contributed by atoms with Gasteiger partial charge in [-0.1, -0.05) is 11.6 Å². The van der Waals surface area contributed by atoms with Crippen LogP contribution in [0.5, 0.6) is 0 Å². The third kappa shape index (κ3) is 5.11. The minimum absolute atomic E-state index is 0.154. The van der Waals surface area contributed by atoms with Crippen molar-refractivity contribution in [2.75, 3.05) is 32.6 Å². The lowest BCUT2D eigenvalue weighted by Gasteiger charge is -2.45. The van der Waals surface area contributed by atoms with Crippen LogP contribution in [0.25, 0.3) is 0 Å². The van der Waals surface area contributed by atoms with Gasteiger partial charge < -0.3 is 15.1 Å². The van der Waals surface area contributed by atoms with Crippen molar-refractivity contribution < 1.29 is 18.8 Å². The van der Waals surface area contributed by atoms with Gasteiger partial charge in [-0.15, -0.1) is 0 Å². The summed E-state index contributed by atoms with van der Waals surface area (Å²) in [7, 11) is 3.27. The van der Waals surface area contributed by atoms with E-state index in [1.807, 2.05) is 26.0 Å². The Balaban J connectivity index is 1.86. The summed E-state index contributed by atoms with van der Waals surface area (Å²) in [6, 6.07) is 9.27. The maximum atomic E-state index is 13.5. The molecule has 2 aromatic rings. The van der Waals surface area contributed by atoms with E-state index in [-0.39, 0.29) is 24.1 Å². The molecule has 1 aliphatic heterocycles. The molecule has 1 saturated heterocycles. The molecule has 6 nitrogen and oxygen atoms in total. The number of rotatable bonds is 6. The van der Waals surface area contributed by atoms with E-state index in [1.165, 1.54) is 24.3 Å². The van der Waals surface area contributed by atoms with Gasteiger partial charge in [0.1, 0.15) is 11.4 Å². The molecule has 0 aromatic heterocycles. The lowest BCUT2D eigenvalue weighted by molar-refractivity contribution is -0.171. The van der Waals surface area contributed by atoms with Gasteiger partial charge in [0.15, 0.2) is 0 Å². The summed E-state index contributed by atoms with van der Waals surface area (Å²) >= 11 is 6.13. The lowest BCUT2D eigenvalue weighted by atomic mass is 9.84. The summed E-state index contributed by atoms with van der Waals surface area (Å²) in [6.07, 6.45) is 0.994. The molecule has 0 spiro atoms. The molecule has 0 saturated carbocycles. The highest BCUT2D eigenvalue weighted by Gasteiger charge is 2.47. The second-order valence-corrected chi connectivity index (χ2v) is 8.69. The van der Waals surface area contributed by atoms with Crippen LogP contribution >= 0.6 is 11.6 Å². The van der Waals surface area contributed by atoms with Crippen LogP contribution in [0.2, 0.25) is 5.02 Å². The quantitative estimate of drug-likeness (QED) is 0.702. The summed E-state index contributed by atoms with van der Waals surface area (Å²) in [5.41, 5.74) is 2.23. The second-order valence-electron chi connectivity index (χ2n) is 8.25. The SMILES string of the molecule is CON1CCC(C(=O)Nc2ccc(F)cc2)(N(C)C(=O)Cc2c(C)cc(Cl)cc2C)CC1. The summed E-state index contributed by atoms with van der Waals surface area (Å²) in [5, 5.41) is 5.27. The molecule has 0 unspecified atom stereocenters. The highest BCUT2D eigenvalue weighted by Crippen LogP contribution is 2.31. The van der Waals surface area contributed by atoms with Gasteiger partial charge >= 0.3 is 0 Å². The smallest absolute Gasteiger partial charge is 0.250 e. The Bertz CT molecular complexity index is 965. The summed E-state index contributed by atoms with van der Waals surface area (Å²) in [4.78, 5) is 33.7. The van der Waals surface area contributed by atoms with Crippen LogP contribution in [0.15, 0.2) is 36.4 Å². The van der Waals surface area contributed by atoms with Crippen molar-refractivity contribution in [2.24, 2.45) is 0 Å². The third-order valence-corrected chi connectivity index (χ3v) is 6.56. The molecule has 2 amide bonds. The maximum absolute atomic E-state index is 13.5. The van der Waals surface area contributed by atoms with Gasteiger partial charge in [0.25, 0.3) is 0 Å². The Morgan fingerprint density at radius 3 is 2.25 bits per heavy atom. The zero-order chi connectivity index (χ0) is 23.5. The van der Waals surface area contributed by atoms with Crippen molar-refractivity contribution >= 4 is 29.1 Å². The zero-order valence-electron chi connectivity index (χ0n) is 18.9. The molecule has 1 aliphatic rings. The van der Waals surface area contributed by atoms with Gasteiger partial charge in [0, 0.05) is 30.8 Å². The second kappa shape index (κ2) is 9.98. The molecule has 0 bridgehead atoms. The van der Waals surface area contributed by atoms with Crippen molar-refractivity contribution in [3.05, 3.63) is 63.9 Å². The first-order valence-corrected chi connectivity index (χ1v) is 10.9. The fourth-order valence-corrected chi connectivity index (χ4v) is 4.59. The molecule has 0 radical (unpaired) electrons. The first-order valence-electron chi connectivity index (χ1n) is 10.5. The Morgan fingerprint density at radius 1 is 1.16 bits per heavy atom. The predicted octanol–water partition coefficient (Wildman–Crippen LogP) is 4.13. The van der Waals surface area contributed by atoms with Crippen molar-refractivity contribution in [1.82, 2.24) is 9.96 Å². The Labute approximate surface area is 193 Å². The molecule has 172 valence electrons. The molecule has 2 aromatic carbocycles. The van der Waals surface area contributed by atoms with E-state index in [0.29, 0.717) is 36.6 Å². The van der Waals surface area contributed by atoms with Crippen LogP contribution in [-0.4, -0.2) is 54.6 Å². The van der Waals surface area contributed by atoms with E-state index in [4.69, 9.17) is 16.4 Å². The Kier molecular flexibility index (Phi) is 7.54. The zero-order valence-corrected chi connectivity index (χ0v) is 19.6. The predicted molar refractivity (Wildman–Crippen MR) is 123 cm³/mol. The topological polar surface area (TPSA) is 61.9 Å². The number of benzene rings is 2. The lowest BCUT2D eigenvalue weighted by Crippen LogP contribution is -2.62. The molecule has 32 heavy (non-hydrogen) atoms. The fraction of sp³-hybridized carbons (Fsp3) is 0.417. The number of hydroxylamine groups is 2. The van der Waals surface area contributed by atoms with Crippen LogP contribution in [0.4, 0.5) is 10.1 Å². The largest absolute Gasteiger partial charge is 0.331 e. The minimum Gasteiger partial charge on any atom is -0.331 e. The highest BCUT2D eigenvalue weighted by atomic mass is 35.5. The molecule has 3 rings (SSSR count). The number of nitrogens with one attached hydrogen (secondary N) is 1. The summed E-state index contributed by atoms with van der Waals surface area (Å²) < 4.78 is 13.3. The molecule has 0 aliphatic carbocycles. The number of halogens is 2. The van der Waals surface area contributed by atoms with Gasteiger partial charge in [-0.2, -0.15) is 5.06 Å². The van der Waals surface area contributed by atoms with Crippen molar-refractivity contribution in [1.29, 1.82) is 0 Å². The van der Waals surface area contributed by atoms with Gasteiger partial charge in [-0.05, 0) is 79.8 Å². The number of likely N-dealkylation sites (N-methyl/N-ethyl adjacent to an activating group) is 1. The standard InChI is InChI=1S/C24H29ClFN3O3/c1-16-13-18(25)14-17(2)21(16)15-22(30)28(3)24(9-11-29(32-4)12-10-24)23(31)27-20-7-5-19(26)6-8-20/h5-8,13-14H,9-12,15H2,1-4H3,(H,27,31). The molecule has 1 heterocycles. The molecule has 8 heteroatoms. The number of piperidine rings is 1. The van der Waals surface area contributed by atoms with Crippen molar-refractivity contribution in [2.45, 2.75) is 38.6 Å². The van der Waals surface area contributed by atoms with E-state index in [2.05, 4.69) is 5.32 Å². The minimum atomic E-state index is -1.05. The highest BCUT2D eigenvalue weighted by molar-refractivity contribution is 6.30. The molecule has 1 fully saturated rings. The fourth-order valence-electron chi connectivity index (χ4n) is 4.26. The number of anilines is 1. The van der Waals surface area contributed by atoms with E-state index in [0.717, 1.165) is 16.7 Å². The normalized spacial score (nSPS) is 15.9. The Hall–Kier alpha value is -2.48. The van der Waals surface area contributed by atoms with Gasteiger partial charge in [0.05, 0.1) is 13.5 Å². The van der Waals surface area contributed by atoms with E-state index >= 15 is 0 Å². The number of hydrogen-bond donors (Lipinski definition) is 1. The van der Waals surface area contributed by atoms with Crippen molar-refractivity contribution in [3.8, 4) is 0 Å². The molecule has 1 N–H and O–H groups in total. The van der Waals surface area contributed by atoms with Gasteiger partial charge in [-0.3, -0.25) is 9.59 Å². The van der Waals surface area contributed by atoms with Crippen LogP contribution in [0, 0.1) is 19.7 Å². The van der Waals surface area contributed by atoms with Gasteiger partial charge in [-0.25, -0.2) is 4.39 Å². The van der Waals surface area contributed by atoms with E-state index in [9.17, 15) is 14.0 Å². The van der Waals surface area contributed by atoms with Crippen LogP contribution in [0.1, 0.15) is 29.5 Å². The van der Waals surface area contributed by atoms with Crippen LogP contribution in [0.3, 0.4) is 0 Å². The first kappa shape index (κ1) is 24.2. The molecular formula is C24H29ClFN3O3. The number of aryl methyl sites for hydroxylation is 2. The molecule has 0 atom stereocenters. The first-order chi connectivity index (χ1) is 15.2. The number of carbonyl (C=O) groups excluding carboxylic acids is 2. The number of nitrogens with zero attached hydrogens (tertiary/aromatic N) is 2. The van der Waals surface area contributed by atoms with Gasteiger partial charge in [0.2, 0.25) is 11.8 Å². The van der Waals surface area contributed by atoms with Crippen molar-refractivity contribution in [3.63, 3.8) is 0 Å².